The number of benzene rings is 1. The summed E-state index contributed by atoms with van der Waals surface area (Å²) in [6.07, 6.45) is 6.00. The number of aliphatic imine (C=N–C) groups is 1. The van der Waals surface area contributed by atoms with E-state index in [1.54, 1.807) is 0 Å². The van der Waals surface area contributed by atoms with Crippen LogP contribution in [0.15, 0.2) is 17.1 Å². The fourth-order valence-electron chi connectivity index (χ4n) is 2.47. The molecule has 0 amide bonds. The molecule has 0 bridgehead atoms. The van der Waals surface area contributed by atoms with Crippen molar-refractivity contribution in [2.45, 2.75) is 53.1 Å². The van der Waals surface area contributed by atoms with Crippen molar-refractivity contribution in [1.29, 1.82) is 0 Å². The van der Waals surface area contributed by atoms with Gasteiger partial charge in [0.05, 0.1) is 18.1 Å². The van der Waals surface area contributed by atoms with E-state index in [2.05, 4.69) is 56.8 Å². The van der Waals surface area contributed by atoms with E-state index in [0.717, 1.165) is 30.3 Å². The monoisotopic (exact) mass is 288 g/mol. The van der Waals surface area contributed by atoms with Gasteiger partial charge in [-0.3, -0.25) is 0 Å². The molecule has 0 N–H and O–H groups in total. The Morgan fingerprint density at radius 2 is 2.05 bits per heavy atom. The molecule has 0 radical (unpaired) electrons. The molecule has 0 aromatic heterocycles. The zero-order valence-corrected chi connectivity index (χ0v) is 14.0. The van der Waals surface area contributed by atoms with Crippen molar-refractivity contribution in [2.24, 2.45) is 10.9 Å². The zero-order chi connectivity index (χ0) is 15.4. The summed E-state index contributed by atoms with van der Waals surface area (Å²) < 4.78 is 6.11. The van der Waals surface area contributed by atoms with E-state index in [1.165, 1.54) is 24.0 Å². The smallest absolute Gasteiger partial charge is 0.123 e. The first-order valence-electron chi connectivity index (χ1n) is 8.03. The van der Waals surface area contributed by atoms with E-state index in [0.29, 0.717) is 6.10 Å². The maximum absolute atomic E-state index is 6.11. The minimum Gasteiger partial charge on any atom is -0.490 e. The molecule has 1 aromatic rings. The molecule has 0 heterocycles. The molecule has 1 unspecified atom stereocenters. The first-order chi connectivity index (χ1) is 10.0. The Morgan fingerprint density at radius 1 is 1.33 bits per heavy atom. The largest absolute Gasteiger partial charge is 0.490 e. The van der Waals surface area contributed by atoms with Gasteiger partial charge < -0.3 is 9.64 Å². The Morgan fingerprint density at radius 3 is 2.67 bits per heavy atom. The molecule has 1 aliphatic carbocycles. The van der Waals surface area contributed by atoms with Crippen LogP contribution in [0.1, 0.15) is 44.2 Å². The summed E-state index contributed by atoms with van der Waals surface area (Å²) in [5.74, 6) is 1.76. The molecule has 1 saturated carbocycles. The van der Waals surface area contributed by atoms with E-state index in [-0.39, 0.29) is 0 Å². The molecule has 2 rings (SSSR count). The fourth-order valence-corrected chi connectivity index (χ4v) is 2.47. The number of nitrogens with zero attached hydrogens (tertiary/aromatic N) is 2. The van der Waals surface area contributed by atoms with Crippen molar-refractivity contribution in [2.75, 3.05) is 13.6 Å². The molecule has 0 aliphatic heterocycles. The lowest BCUT2D eigenvalue weighted by Gasteiger charge is -2.17. The molecule has 3 heteroatoms. The lowest BCUT2D eigenvalue weighted by atomic mass is 10.1. The molecule has 1 atom stereocenters. The quantitative estimate of drug-likeness (QED) is 0.546. The molecule has 0 saturated heterocycles. The third-order valence-corrected chi connectivity index (χ3v) is 4.06. The summed E-state index contributed by atoms with van der Waals surface area (Å²) in [6.45, 7) is 9.58. The van der Waals surface area contributed by atoms with Crippen LogP contribution in [0.25, 0.3) is 0 Å². The van der Waals surface area contributed by atoms with Crippen LogP contribution < -0.4 is 4.74 Å². The molecule has 116 valence electrons. The molecular weight excluding hydrogens is 260 g/mol. The number of aryl methyl sites for hydroxylation is 2. The standard InChI is InChI=1S/C18H28N2O/c1-6-9-20(5)12-19-17-10-14(3)18(11-13(17)2)21-15(4)16-7-8-16/h10-12,15-16H,6-9H2,1-5H3/b19-12+. The van der Waals surface area contributed by atoms with E-state index >= 15 is 0 Å². The Bertz CT molecular complexity index is 506. The Hall–Kier alpha value is -1.51. The molecule has 3 nitrogen and oxygen atoms in total. The molecule has 1 aliphatic rings. The summed E-state index contributed by atoms with van der Waals surface area (Å²) in [4.78, 5) is 6.72. The highest BCUT2D eigenvalue weighted by Crippen LogP contribution is 2.36. The van der Waals surface area contributed by atoms with Gasteiger partial charge in [0.2, 0.25) is 0 Å². The van der Waals surface area contributed by atoms with Crippen LogP contribution in [0.3, 0.4) is 0 Å². The van der Waals surface area contributed by atoms with Gasteiger partial charge in [0.25, 0.3) is 0 Å². The van der Waals surface area contributed by atoms with Gasteiger partial charge in [-0.1, -0.05) is 6.92 Å². The minimum absolute atomic E-state index is 0.327. The van der Waals surface area contributed by atoms with Gasteiger partial charge in [-0.05, 0) is 69.2 Å². The van der Waals surface area contributed by atoms with E-state index in [1.807, 2.05) is 6.34 Å². The minimum atomic E-state index is 0.327. The Kier molecular flexibility index (Phi) is 5.27. The van der Waals surface area contributed by atoms with Gasteiger partial charge in [-0.25, -0.2) is 4.99 Å². The van der Waals surface area contributed by atoms with E-state index in [4.69, 9.17) is 4.74 Å². The Balaban J connectivity index is 2.08. The number of hydrogen-bond donors (Lipinski definition) is 0. The normalized spacial score (nSPS) is 16.2. The first-order valence-corrected chi connectivity index (χ1v) is 8.03. The maximum atomic E-state index is 6.11. The fraction of sp³-hybridized carbons (Fsp3) is 0.611. The van der Waals surface area contributed by atoms with Crippen molar-refractivity contribution in [3.63, 3.8) is 0 Å². The van der Waals surface area contributed by atoms with Gasteiger partial charge in [-0.2, -0.15) is 0 Å². The molecule has 1 aromatic carbocycles. The molecular formula is C18H28N2O. The predicted octanol–water partition coefficient (Wildman–Crippen LogP) is 4.48. The van der Waals surface area contributed by atoms with Crippen LogP contribution in [-0.2, 0) is 0 Å². The van der Waals surface area contributed by atoms with Gasteiger partial charge in [-0.15, -0.1) is 0 Å². The van der Waals surface area contributed by atoms with Crippen molar-refractivity contribution in [3.8, 4) is 5.75 Å². The second-order valence-corrected chi connectivity index (χ2v) is 6.29. The number of rotatable bonds is 7. The summed E-state index contributed by atoms with van der Waals surface area (Å²) in [6, 6.07) is 4.25. The summed E-state index contributed by atoms with van der Waals surface area (Å²) in [5, 5.41) is 0. The van der Waals surface area contributed by atoms with Crippen LogP contribution in [-0.4, -0.2) is 30.9 Å². The van der Waals surface area contributed by atoms with E-state index < -0.39 is 0 Å². The SMILES string of the molecule is CCCN(C)/C=N/c1cc(C)c(OC(C)C2CC2)cc1C. The highest BCUT2D eigenvalue weighted by Gasteiger charge is 2.29. The average Bonchev–Trinajstić information content (AvgIpc) is 3.25. The highest BCUT2D eigenvalue weighted by molar-refractivity contribution is 5.64. The lowest BCUT2D eigenvalue weighted by Crippen LogP contribution is -2.16. The summed E-state index contributed by atoms with van der Waals surface area (Å²) in [7, 11) is 2.06. The highest BCUT2D eigenvalue weighted by atomic mass is 16.5. The van der Waals surface area contributed by atoms with Gasteiger partial charge in [0, 0.05) is 13.6 Å². The van der Waals surface area contributed by atoms with Crippen molar-refractivity contribution in [1.82, 2.24) is 4.90 Å². The first kappa shape index (κ1) is 15.9. The van der Waals surface area contributed by atoms with Gasteiger partial charge >= 0.3 is 0 Å². The average molecular weight is 288 g/mol. The molecule has 1 fully saturated rings. The second kappa shape index (κ2) is 6.97. The number of hydrogen-bond acceptors (Lipinski definition) is 2. The number of ether oxygens (including phenoxy) is 1. The van der Waals surface area contributed by atoms with Crippen molar-refractivity contribution in [3.05, 3.63) is 23.3 Å². The lowest BCUT2D eigenvalue weighted by molar-refractivity contribution is 0.196. The second-order valence-electron chi connectivity index (χ2n) is 6.29. The Labute approximate surface area is 129 Å². The van der Waals surface area contributed by atoms with Gasteiger partial charge in [0.1, 0.15) is 5.75 Å². The van der Waals surface area contributed by atoms with Crippen LogP contribution in [0.4, 0.5) is 5.69 Å². The summed E-state index contributed by atoms with van der Waals surface area (Å²) in [5.41, 5.74) is 3.36. The topological polar surface area (TPSA) is 24.8 Å². The van der Waals surface area contributed by atoms with Crippen LogP contribution in [0.5, 0.6) is 5.75 Å². The summed E-state index contributed by atoms with van der Waals surface area (Å²) >= 11 is 0. The third-order valence-electron chi connectivity index (χ3n) is 4.06. The van der Waals surface area contributed by atoms with Crippen molar-refractivity contribution >= 4 is 12.0 Å². The van der Waals surface area contributed by atoms with Crippen LogP contribution in [0.2, 0.25) is 0 Å². The van der Waals surface area contributed by atoms with Crippen LogP contribution in [0, 0.1) is 19.8 Å². The van der Waals surface area contributed by atoms with Gasteiger partial charge in [0.15, 0.2) is 0 Å². The van der Waals surface area contributed by atoms with Crippen molar-refractivity contribution < 1.29 is 4.74 Å². The predicted molar refractivity (Wildman–Crippen MR) is 89.8 cm³/mol. The van der Waals surface area contributed by atoms with Crippen LogP contribution >= 0.6 is 0 Å². The molecule has 0 spiro atoms. The molecule has 21 heavy (non-hydrogen) atoms. The third kappa shape index (κ3) is 4.48. The zero-order valence-electron chi connectivity index (χ0n) is 14.0. The maximum Gasteiger partial charge on any atom is 0.123 e. The van der Waals surface area contributed by atoms with E-state index in [9.17, 15) is 0 Å².